The molecule has 0 saturated carbocycles. The highest BCUT2D eigenvalue weighted by Gasteiger charge is 2.19. The molecule has 7 heteroatoms. The van der Waals surface area contributed by atoms with Crippen LogP contribution in [0, 0.1) is 0 Å². The second kappa shape index (κ2) is 9.45. The molecule has 1 aromatic rings. The number of anilines is 1. The van der Waals surface area contributed by atoms with E-state index < -0.39 is 17.8 Å². The standard InChI is InChI=1S/C16H22N2O5/c1-3-23-16(21)10-14(19)18(9-8-15(20)22-2)11-12-4-6-13(17)7-5-12/h4-7H,3,8-11,17H2,1-2H3. The lowest BCUT2D eigenvalue weighted by molar-refractivity contribution is -0.149. The predicted molar refractivity (Wildman–Crippen MR) is 84.2 cm³/mol. The zero-order valence-corrected chi connectivity index (χ0v) is 13.4. The molecule has 1 rings (SSSR count). The van der Waals surface area contributed by atoms with E-state index in [1.54, 1.807) is 31.2 Å². The van der Waals surface area contributed by atoms with Crippen molar-refractivity contribution >= 4 is 23.5 Å². The quantitative estimate of drug-likeness (QED) is 0.437. The minimum atomic E-state index is -0.585. The van der Waals surface area contributed by atoms with Crippen molar-refractivity contribution in [3.05, 3.63) is 29.8 Å². The van der Waals surface area contributed by atoms with Gasteiger partial charge in [-0.05, 0) is 24.6 Å². The number of nitrogens with two attached hydrogens (primary N) is 1. The van der Waals surface area contributed by atoms with Crippen LogP contribution >= 0.6 is 0 Å². The van der Waals surface area contributed by atoms with Crippen LogP contribution in [0.4, 0.5) is 5.69 Å². The first-order chi connectivity index (χ1) is 11.0. The first-order valence-corrected chi connectivity index (χ1v) is 7.30. The van der Waals surface area contributed by atoms with Crippen molar-refractivity contribution in [3.63, 3.8) is 0 Å². The Morgan fingerprint density at radius 1 is 1.13 bits per heavy atom. The highest BCUT2D eigenvalue weighted by atomic mass is 16.5. The minimum absolute atomic E-state index is 0.0556. The van der Waals surface area contributed by atoms with Gasteiger partial charge in [0.2, 0.25) is 5.91 Å². The number of carbonyl (C=O) groups excluding carboxylic acids is 3. The largest absolute Gasteiger partial charge is 0.469 e. The average molecular weight is 322 g/mol. The highest BCUT2D eigenvalue weighted by molar-refractivity contribution is 5.94. The number of methoxy groups -OCH3 is 1. The second-order valence-electron chi connectivity index (χ2n) is 4.86. The summed E-state index contributed by atoms with van der Waals surface area (Å²) in [6.07, 6.45) is -0.302. The van der Waals surface area contributed by atoms with Gasteiger partial charge >= 0.3 is 11.9 Å². The number of ether oxygens (including phenoxy) is 2. The molecule has 0 fully saturated rings. The SMILES string of the molecule is CCOC(=O)CC(=O)N(CCC(=O)OC)Cc1ccc(N)cc1. The van der Waals surface area contributed by atoms with Crippen LogP contribution in [-0.2, 0) is 30.4 Å². The molecule has 1 aromatic carbocycles. The van der Waals surface area contributed by atoms with Crippen molar-refractivity contribution < 1.29 is 23.9 Å². The van der Waals surface area contributed by atoms with E-state index in [9.17, 15) is 14.4 Å². The topological polar surface area (TPSA) is 98.9 Å². The second-order valence-corrected chi connectivity index (χ2v) is 4.86. The fourth-order valence-corrected chi connectivity index (χ4v) is 1.91. The van der Waals surface area contributed by atoms with E-state index in [-0.39, 0.29) is 32.5 Å². The van der Waals surface area contributed by atoms with E-state index >= 15 is 0 Å². The lowest BCUT2D eigenvalue weighted by Gasteiger charge is -2.22. The van der Waals surface area contributed by atoms with E-state index in [0.29, 0.717) is 5.69 Å². The molecular formula is C16H22N2O5. The maximum absolute atomic E-state index is 12.2. The lowest BCUT2D eigenvalue weighted by atomic mass is 10.2. The lowest BCUT2D eigenvalue weighted by Crippen LogP contribution is -2.34. The third kappa shape index (κ3) is 6.82. The Balaban J connectivity index is 2.74. The van der Waals surface area contributed by atoms with Crippen LogP contribution in [0.2, 0.25) is 0 Å². The van der Waals surface area contributed by atoms with Gasteiger partial charge in [0.15, 0.2) is 0 Å². The Kier molecular flexibility index (Phi) is 7.59. The number of carbonyl (C=O) groups is 3. The molecule has 0 unspecified atom stereocenters. The summed E-state index contributed by atoms with van der Waals surface area (Å²) in [6, 6.07) is 7.03. The van der Waals surface area contributed by atoms with Gasteiger partial charge in [-0.3, -0.25) is 14.4 Å². The molecule has 23 heavy (non-hydrogen) atoms. The molecule has 0 atom stereocenters. The number of amides is 1. The molecule has 0 bridgehead atoms. The molecule has 0 heterocycles. The summed E-state index contributed by atoms with van der Waals surface area (Å²) in [4.78, 5) is 36.4. The Morgan fingerprint density at radius 3 is 2.35 bits per heavy atom. The van der Waals surface area contributed by atoms with Crippen molar-refractivity contribution in [3.8, 4) is 0 Å². The molecular weight excluding hydrogens is 300 g/mol. The molecule has 0 spiro atoms. The Labute approximate surface area is 135 Å². The smallest absolute Gasteiger partial charge is 0.315 e. The minimum Gasteiger partial charge on any atom is -0.469 e. The van der Waals surface area contributed by atoms with Crippen LogP contribution in [0.1, 0.15) is 25.3 Å². The monoisotopic (exact) mass is 322 g/mol. The molecule has 0 aliphatic carbocycles. The number of benzene rings is 1. The number of hydrogen-bond donors (Lipinski definition) is 1. The zero-order valence-electron chi connectivity index (χ0n) is 13.4. The van der Waals surface area contributed by atoms with Crippen molar-refractivity contribution in [2.75, 3.05) is 26.0 Å². The summed E-state index contributed by atoms with van der Waals surface area (Å²) in [5, 5.41) is 0. The van der Waals surface area contributed by atoms with Gasteiger partial charge in [-0.2, -0.15) is 0 Å². The zero-order chi connectivity index (χ0) is 17.2. The summed E-state index contributed by atoms with van der Waals surface area (Å²) in [7, 11) is 1.28. The van der Waals surface area contributed by atoms with Gasteiger partial charge in [0.25, 0.3) is 0 Å². The Hall–Kier alpha value is -2.57. The third-order valence-corrected chi connectivity index (χ3v) is 3.12. The van der Waals surface area contributed by atoms with Crippen molar-refractivity contribution in [2.24, 2.45) is 0 Å². The summed E-state index contributed by atoms with van der Waals surface area (Å²) in [5.74, 6) is -1.40. The molecule has 0 aromatic heterocycles. The Morgan fingerprint density at radius 2 is 1.78 bits per heavy atom. The van der Waals surface area contributed by atoms with Crippen molar-refractivity contribution in [1.29, 1.82) is 0 Å². The summed E-state index contributed by atoms with van der Waals surface area (Å²) < 4.78 is 9.36. The van der Waals surface area contributed by atoms with Gasteiger partial charge in [0, 0.05) is 18.8 Å². The van der Waals surface area contributed by atoms with E-state index in [4.69, 9.17) is 10.5 Å². The van der Waals surface area contributed by atoms with Crippen LogP contribution in [0.25, 0.3) is 0 Å². The van der Waals surface area contributed by atoms with Crippen molar-refractivity contribution in [1.82, 2.24) is 4.90 Å². The molecule has 0 radical (unpaired) electrons. The Bertz CT molecular complexity index is 542. The first kappa shape index (κ1) is 18.5. The van der Waals surface area contributed by atoms with Crippen LogP contribution in [0.3, 0.4) is 0 Å². The molecule has 0 saturated heterocycles. The summed E-state index contributed by atoms with van der Waals surface area (Å²) >= 11 is 0. The number of nitrogen functional groups attached to an aromatic ring is 1. The van der Waals surface area contributed by atoms with E-state index in [1.807, 2.05) is 0 Å². The van der Waals surface area contributed by atoms with E-state index in [2.05, 4.69) is 4.74 Å². The van der Waals surface area contributed by atoms with E-state index in [1.165, 1.54) is 12.0 Å². The molecule has 7 nitrogen and oxygen atoms in total. The summed E-state index contributed by atoms with van der Waals surface area (Å²) in [5.41, 5.74) is 7.10. The maximum atomic E-state index is 12.2. The predicted octanol–water partition coefficient (Wildman–Crippen LogP) is 1.11. The van der Waals surface area contributed by atoms with Crippen LogP contribution in [-0.4, -0.2) is 43.0 Å². The van der Waals surface area contributed by atoms with E-state index in [0.717, 1.165) is 5.56 Å². The van der Waals surface area contributed by atoms with Crippen LogP contribution < -0.4 is 5.73 Å². The molecule has 0 aliphatic rings. The molecule has 126 valence electrons. The molecule has 2 N–H and O–H groups in total. The highest BCUT2D eigenvalue weighted by Crippen LogP contribution is 2.11. The molecule has 1 amide bonds. The van der Waals surface area contributed by atoms with Crippen LogP contribution in [0.5, 0.6) is 0 Å². The number of rotatable bonds is 8. The number of hydrogen-bond acceptors (Lipinski definition) is 6. The van der Waals surface area contributed by atoms with Crippen molar-refractivity contribution in [2.45, 2.75) is 26.3 Å². The van der Waals surface area contributed by atoms with Gasteiger partial charge < -0.3 is 20.1 Å². The fraction of sp³-hybridized carbons (Fsp3) is 0.438. The fourth-order valence-electron chi connectivity index (χ4n) is 1.91. The third-order valence-electron chi connectivity index (χ3n) is 3.12. The average Bonchev–Trinajstić information content (AvgIpc) is 2.52. The number of nitrogens with zero attached hydrogens (tertiary/aromatic N) is 1. The normalized spacial score (nSPS) is 10.0. The number of esters is 2. The first-order valence-electron chi connectivity index (χ1n) is 7.30. The maximum Gasteiger partial charge on any atom is 0.315 e. The van der Waals surface area contributed by atoms with Gasteiger partial charge in [0.05, 0.1) is 20.1 Å². The van der Waals surface area contributed by atoms with Gasteiger partial charge in [-0.15, -0.1) is 0 Å². The van der Waals surface area contributed by atoms with Gasteiger partial charge in [-0.1, -0.05) is 12.1 Å². The van der Waals surface area contributed by atoms with Gasteiger partial charge in [0.1, 0.15) is 6.42 Å². The van der Waals surface area contributed by atoms with Gasteiger partial charge in [-0.25, -0.2) is 0 Å². The molecule has 0 aliphatic heterocycles. The summed E-state index contributed by atoms with van der Waals surface area (Å²) in [6.45, 7) is 2.32. The van der Waals surface area contributed by atoms with Crippen LogP contribution in [0.15, 0.2) is 24.3 Å².